The summed E-state index contributed by atoms with van der Waals surface area (Å²) in [6.07, 6.45) is -3.01. The first kappa shape index (κ1) is 19.7. The number of allylic oxidation sites excluding steroid dienone is 5. The van der Waals surface area contributed by atoms with Crippen LogP contribution in [0.2, 0.25) is 0 Å². The Morgan fingerprint density at radius 1 is 1.30 bits per heavy atom. The molecule has 1 aromatic rings. The Bertz CT molecular complexity index is 644. The Morgan fingerprint density at radius 2 is 1.87 bits per heavy atom. The summed E-state index contributed by atoms with van der Waals surface area (Å²) in [5.41, 5.74) is -1.60. The molecule has 1 rings (SSSR count). The number of Topliss-reactive ketones (excluding diaryl/α,β-unsaturated/α-hetero) is 1. The van der Waals surface area contributed by atoms with Crippen LogP contribution in [-0.4, -0.2) is 17.3 Å². The summed E-state index contributed by atoms with van der Waals surface area (Å²) >= 11 is 6.11. The fourth-order valence-electron chi connectivity index (χ4n) is 1.68. The van der Waals surface area contributed by atoms with E-state index in [1.807, 2.05) is 0 Å². The van der Waals surface area contributed by atoms with E-state index in [-0.39, 0.29) is 11.1 Å². The summed E-state index contributed by atoms with van der Waals surface area (Å²) < 4.78 is 45.8. The van der Waals surface area contributed by atoms with Crippen LogP contribution in [0.4, 0.5) is 13.2 Å². The minimum Gasteiger partial charge on any atom is -0.462 e. The second-order valence-electron chi connectivity index (χ2n) is 4.40. The molecule has 7 heteroatoms. The van der Waals surface area contributed by atoms with Gasteiger partial charge in [-0.05, 0) is 37.3 Å². The van der Waals surface area contributed by atoms with Crippen LogP contribution < -0.4 is 4.74 Å². The maximum Gasteiger partial charge on any atom is 0.417 e. The number of halogens is 5. The minimum absolute atomic E-state index is 0.00127. The molecule has 0 aliphatic carbocycles. The highest BCUT2D eigenvalue weighted by atomic mass is 79.9. The van der Waals surface area contributed by atoms with E-state index in [1.165, 1.54) is 6.92 Å². The van der Waals surface area contributed by atoms with Crippen molar-refractivity contribution >= 4 is 37.6 Å². The maximum atomic E-state index is 13.2. The van der Waals surface area contributed by atoms with Gasteiger partial charge in [-0.3, -0.25) is 4.79 Å². The third kappa shape index (κ3) is 5.99. The van der Waals surface area contributed by atoms with Gasteiger partial charge in [-0.1, -0.05) is 44.5 Å². The summed E-state index contributed by atoms with van der Waals surface area (Å²) in [6.45, 7) is 4.67. The molecule has 0 aliphatic rings. The van der Waals surface area contributed by atoms with Gasteiger partial charge in [0.2, 0.25) is 0 Å². The number of carbonyl (C=O) groups excluding carboxylic acids is 1. The maximum absolute atomic E-state index is 13.2. The fourth-order valence-corrected chi connectivity index (χ4v) is 2.25. The van der Waals surface area contributed by atoms with Gasteiger partial charge in [-0.25, -0.2) is 0 Å². The topological polar surface area (TPSA) is 26.3 Å². The molecule has 124 valence electrons. The lowest BCUT2D eigenvalue weighted by atomic mass is 10.0. The molecule has 0 amide bonds. The van der Waals surface area contributed by atoms with E-state index < -0.39 is 23.1 Å². The molecule has 0 N–H and O–H groups in total. The molecule has 1 aromatic carbocycles. The van der Waals surface area contributed by atoms with Crippen LogP contribution in [-0.2, 0) is 4.79 Å². The molecule has 0 aromatic heterocycles. The Labute approximate surface area is 149 Å². The van der Waals surface area contributed by atoms with Gasteiger partial charge in [0.25, 0.3) is 0 Å². The molecule has 0 radical (unpaired) electrons. The smallest absolute Gasteiger partial charge is 0.417 e. The van der Waals surface area contributed by atoms with Crippen LogP contribution in [0.5, 0.6) is 5.75 Å². The second kappa shape index (κ2) is 8.49. The van der Waals surface area contributed by atoms with Gasteiger partial charge < -0.3 is 4.74 Å². The standard InChI is InChI=1S/C16H13Br2F3O2/c1-3-13(15(22)9-17)14(16(19,20)21)8-10(2)23-12-6-4-11(18)5-7-12/h3-8H,1,9H2,2H3/b10-8+,14-13-. The molecule has 0 heterocycles. The average molecular weight is 454 g/mol. The van der Waals surface area contributed by atoms with Crippen LogP contribution in [0.25, 0.3) is 0 Å². The average Bonchev–Trinajstić information content (AvgIpc) is 2.48. The number of ether oxygens (including phenoxy) is 1. The molecule has 0 spiro atoms. The number of benzene rings is 1. The van der Waals surface area contributed by atoms with Crippen LogP contribution in [0, 0.1) is 0 Å². The van der Waals surface area contributed by atoms with E-state index in [9.17, 15) is 18.0 Å². The van der Waals surface area contributed by atoms with E-state index in [4.69, 9.17) is 4.74 Å². The predicted octanol–water partition coefficient (Wildman–Crippen LogP) is 5.74. The zero-order valence-corrected chi connectivity index (χ0v) is 15.3. The molecule has 0 bridgehead atoms. The van der Waals surface area contributed by atoms with Crippen molar-refractivity contribution in [3.05, 3.63) is 64.4 Å². The number of hydrogen-bond acceptors (Lipinski definition) is 2. The van der Waals surface area contributed by atoms with Crippen LogP contribution >= 0.6 is 31.9 Å². The molecular formula is C16H13Br2F3O2. The van der Waals surface area contributed by atoms with Crippen molar-refractivity contribution in [1.82, 2.24) is 0 Å². The zero-order valence-electron chi connectivity index (χ0n) is 12.1. The van der Waals surface area contributed by atoms with Crippen molar-refractivity contribution in [3.63, 3.8) is 0 Å². The summed E-state index contributed by atoms with van der Waals surface area (Å²) in [5, 5.41) is -0.228. The van der Waals surface area contributed by atoms with Crippen LogP contribution in [0.15, 0.2) is 64.4 Å². The molecule has 0 atom stereocenters. The van der Waals surface area contributed by atoms with Gasteiger partial charge in [0.1, 0.15) is 11.5 Å². The van der Waals surface area contributed by atoms with Crippen molar-refractivity contribution in [2.24, 2.45) is 0 Å². The Morgan fingerprint density at radius 3 is 2.30 bits per heavy atom. The number of hydrogen-bond donors (Lipinski definition) is 0. The number of rotatable bonds is 6. The number of carbonyl (C=O) groups is 1. The quantitative estimate of drug-likeness (QED) is 0.237. The van der Waals surface area contributed by atoms with Gasteiger partial charge >= 0.3 is 6.18 Å². The van der Waals surface area contributed by atoms with Crippen molar-refractivity contribution in [2.45, 2.75) is 13.1 Å². The molecule has 0 saturated heterocycles. The summed E-state index contributed by atoms with van der Waals surface area (Å²) in [5.74, 6) is -0.322. The van der Waals surface area contributed by atoms with Gasteiger partial charge in [0, 0.05) is 10.0 Å². The van der Waals surface area contributed by atoms with Crippen molar-refractivity contribution in [1.29, 1.82) is 0 Å². The van der Waals surface area contributed by atoms with E-state index in [1.54, 1.807) is 24.3 Å². The number of alkyl halides is 4. The molecular weight excluding hydrogens is 441 g/mol. The van der Waals surface area contributed by atoms with E-state index in [0.717, 1.165) is 16.6 Å². The van der Waals surface area contributed by atoms with Crippen molar-refractivity contribution < 1.29 is 22.7 Å². The van der Waals surface area contributed by atoms with Crippen molar-refractivity contribution in [2.75, 3.05) is 5.33 Å². The third-order valence-electron chi connectivity index (χ3n) is 2.66. The van der Waals surface area contributed by atoms with E-state index >= 15 is 0 Å². The summed E-state index contributed by atoms with van der Waals surface area (Å²) in [7, 11) is 0. The monoisotopic (exact) mass is 452 g/mol. The van der Waals surface area contributed by atoms with Gasteiger partial charge in [-0.2, -0.15) is 13.2 Å². The first-order valence-corrected chi connectivity index (χ1v) is 8.25. The minimum atomic E-state index is -4.70. The molecule has 23 heavy (non-hydrogen) atoms. The molecule has 0 saturated carbocycles. The van der Waals surface area contributed by atoms with Gasteiger partial charge in [0.15, 0.2) is 5.78 Å². The van der Waals surface area contributed by atoms with Crippen molar-refractivity contribution in [3.8, 4) is 5.75 Å². The molecule has 0 unspecified atom stereocenters. The first-order chi connectivity index (χ1) is 10.7. The Kier molecular flexibility index (Phi) is 7.28. The normalized spacial score (nSPS) is 13.4. The zero-order chi connectivity index (χ0) is 17.6. The Hall–Kier alpha value is -1.34. The van der Waals surface area contributed by atoms with Gasteiger partial charge in [-0.15, -0.1) is 0 Å². The Balaban J connectivity index is 3.23. The SMILES string of the molecule is C=C/C(C(=O)CBr)=C(\C=C(/C)Oc1ccc(Br)cc1)C(F)(F)F. The molecule has 2 nitrogen and oxygen atoms in total. The van der Waals surface area contributed by atoms with E-state index in [0.29, 0.717) is 5.75 Å². The first-order valence-electron chi connectivity index (χ1n) is 6.33. The molecule has 0 aliphatic heterocycles. The summed E-state index contributed by atoms with van der Waals surface area (Å²) in [6, 6.07) is 6.62. The van der Waals surface area contributed by atoms with Crippen LogP contribution in [0.3, 0.4) is 0 Å². The lowest BCUT2D eigenvalue weighted by molar-refractivity contribution is -0.114. The highest BCUT2D eigenvalue weighted by Gasteiger charge is 2.36. The lowest BCUT2D eigenvalue weighted by Crippen LogP contribution is -2.17. The third-order valence-corrected chi connectivity index (χ3v) is 3.70. The number of ketones is 1. The van der Waals surface area contributed by atoms with Gasteiger partial charge in [0.05, 0.1) is 10.9 Å². The van der Waals surface area contributed by atoms with E-state index in [2.05, 4.69) is 38.4 Å². The predicted molar refractivity (Wildman–Crippen MR) is 90.6 cm³/mol. The summed E-state index contributed by atoms with van der Waals surface area (Å²) in [4.78, 5) is 11.7. The molecule has 0 fully saturated rings. The lowest BCUT2D eigenvalue weighted by Gasteiger charge is -2.13. The highest BCUT2D eigenvalue weighted by Crippen LogP contribution is 2.31. The largest absolute Gasteiger partial charge is 0.462 e. The van der Waals surface area contributed by atoms with Crippen LogP contribution in [0.1, 0.15) is 6.92 Å². The highest BCUT2D eigenvalue weighted by molar-refractivity contribution is 9.10. The second-order valence-corrected chi connectivity index (χ2v) is 5.87. The fraction of sp³-hybridized carbons (Fsp3) is 0.188.